The second-order valence-electron chi connectivity index (χ2n) is 1.11. The summed E-state index contributed by atoms with van der Waals surface area (Å²) in [6, 6.07) is 0. The van der Waals surface area contributed by atoms with E-state index in [0.717, 1.165) is 21.3 Å². The molecular formula is C5H10Br4. The molecule has 0 rings (SSSR count). The van der Waals surface area contributed by atoms with Gasteiger partial charge in [0.25, 0.3) is 0 Å². The van der Waals surface area contributed by atoms with Crippen molar-refractivity contribution in [2.75, 3.05) is 21.3 Å². The van der Waals surface area contributed by atoms with Crippen LogP contribution in [0.5, 0.6) is 0 Å². The maximum absolute atomic E-state index is 3.28. The molecule has 0 fully saturated rings. The quantitative estimate of drug-likeness (QED) is 0.641. The van der Waals surface area contributed by atoms with Crippen LogP contribution < -0.4 is 0 Å². The van der Waals surface area contributed by atoms with Crippen molar-refractivity contribution in [1.29, 1.82) is 0 Å². The van der Waals surface area contributed by atoms with E-state index in [0.29, 0.717) is 0 Å². The molecule has 0 aromatic carbocycles. The smallest absolute Gasteiger partial charge is 0.0129 e. The third kappa shape index (κ3) is 25.7. The van der Waals surface area contributed by atoms with Crippen molar-refractivity contribution in [3.63, 3.8) is 0 Å². The number of hydrogen-bond acceptors (Lipinski definition) is 0. The monoisotopic (exact) mass is 386 g/mol. The standard InChI is InChI=1S/C3H6Br2.C2H4Br2/c4-2-1-3-5;3-1-2-4/h1-3H2;1-2H2. The van der Waals surface area contributed by atoms with Crippen LogP contribution in [0.1, 0.15) is 6.42 Å². The molecule has 0 atom stereocenters. The highest BCUT2D eigenvalue weighted by Gasteiger charge is 1.71. The molecule has 0 saturated carbocycles. The molecule has 0 aliphatic carbocycles. The van der Waals surface area contributed by atoms with Crippen molar-refractivity contribution in [2.24, 2.45) is 0 Å². The summed E-state index contributed by atoms with van der Waals surface area (Å²) in [5.74, 6) is 0. The second kappa shape index (κ2) is 16.5. The highest BCUT2D eigenvalue weighted by Crippen LogP contribution is 1.90. The fourth-order valence-electron chi connectivity index (χ4n) is 0.0505. The summed E-state index contributed by atoms with van der Waals surface area (Å²) >= 11 is 13.0. The fourth-order valence-corrected chi connectivity index (χ4v) is 1.36. The van der Waals surface area contributed by atoms with Crippen LogP contribution in [0, 0.1) is 0 Å². The van der Waals surface area contributed by atoms with E-state index in [1.54, 1.807) is 0 Å². The first-order chi connectivity index (χ1) is 4.33. The third-order valence-electron chi connectivity index (χ3n) is 0.339. The highest BCUT2D eigenvalue weighted by molar-refractivity contribution is 9.12. The Morgan fingerprint density at radius 2 is 0.889 bits per heavy atom. The van der Waals surface area contributed by atoms with Crippen molar-refractivity contribution >= 4 is 63.7 Å². The van der Waals surface area contributed by atoms with E-state index in [1.807, 2.05) is 0 Å². The molecule has 0 aliphatic heterocycles. The van der Waals surface area contributed by atoms with Gasteiger partial charge in [-0.25, -0.2) is 0 Å². The summed E-state index contributed by atoms with van der Waals surface area (Å²) in [6.45, 7) is 0. The lowest BCUT2D eigenvalue weighted by molar-refractivity contribution is 1.15. The topological polar surface area (TPSA) is 0 Å². The van der Waals surface area contributed by atoms with Crippen LogP contribution >= 0.6 is 63.7 Å². The molecule has 0 aromatic heterocycles. The molecule has 0 aliphatic rings. The molecule has 58 valence electrons. The van der Waals surface area contributed by atoms with Gasteiger partial charge in [-0.2, -0.15) is 0 Å². The van der Waals surface area contributed by atoms with Crippen LogP contribution in [0.2, 0.25) is 0 Å². The molecule has 4 heteroatoms. The van der Waals surface area contributed by atoms with Crippen LogP contribution in [-0.2, 0) is 0 Å². The van der Waals surface area contributed by atoms with Gasteiger partial charge in [0.15, 0.2) is 0 Å². The van der Waals surface area contributed by atoms with Crippen LogP contribution in [-0.4, -0.2) is 21.3 Å². The van der Waals surface area contributed by atoms with Gasteiger partial charge in [0.2, 0.25) is 0 Å². The summed E-state index contributed by atoms with van der Waals surface area (Å²) in [4.78, 5) is 0. The number of rotatable bonds is 3. The Morgan fingerprint density at radius 3 is 0.889 bits per heavy atom. The first-order valence-electron chi connectivity index (χ1n) is 2.57. The Morgan fingerprint density at radius 1 is 0.556 bits per heavy atom. The molecule has 0 amide bonds. The van der Waals surface area contributed by atoms with Gasteiger partial charge in [0, 0.05) is 21.3 Å². The predicted octanol–water partition coefficient (Wildman–Crippen LogP) is 3.94. The zero-order chi connectivity index (χ0) is 7.54. The molecule has 0 N–H and O–H groups in total. The first-order valence-corrected chi connectivity index (χ1v) is 7.05. The first kappa shape index (κ1) is 13.5. The normalized spacial score (nSPS) is 8.00. The predicted molar refractivity (Wildman–Crippen MR) is 59.8 cm³/mol. The molecule has 9 heavy (non-hydrogen) atoms. The van der Waals surface area contributed by atoms with E-state index < -0.39 is 0 Å². The zero-order valence-electron chi connectivity index (χ0n) is 5.05. The van der Waals surface area contributed by atoms with Gasteiger partial charge < -0.3 is 0 Å². The van der Waals surface area contributed by atoms with Gasteiger partial charge in [-0.15, -0.1) is 0 Å². The van der Waals surface area contributed by atoms with E-state index in [4.69, 9.17) is 0 Å². The van der Waals surface area contributed by atoms with E-state index in [1.165, 1.54) is 6.42 Å². The Labute approximate surface area is 90.7 Å². The molecule has 0 saturated heterocycles. The lowest BCUT2D eigenvalue weighted by Crippen LogP contribution is -1.69. The minimum absolute atomic E-state index is 1.05. The van der Waals surface area contributed by atoms with Crippen LogP contribution in [0.4, 0.5) is 0 Å². The van der Waals surface area contributed by atoms with Crippen molar-refractivity contribution in [3.05, 3.63) is 0 Å². The molecule has 0 bridgehead atoms. The van der Waals surface area contributed by atoms with Gasteiger partial charge in [0.05, 0.1) is 0 Å². The molecule has 0 heterocycles. The minimum Gasteiger partial charge on any atom is -0.0928 e. The molecule has 0 nitrogen and oxygen atoms in total. The van der Waals surface area contributed by atoms with Gasteiger partial charge in [-0.1, -0.05) is 63.7 Å². The highest BCUT2D eigenvalue weighted by atomic mass is 79.9. The van der Waals surface area contributed by atoms with Gasteiger partial charge in [0.1, 0.15) is 0 Å². The summed E-state index contributed by atoms with van der Waals surface area (Å²) in [5, 5.41) is 4.32. The van der Waals surface area contributed by atoms with Crippen LogP contribution in [0.15, 0.2) is 0 Å². The average molecular weight is 390 g/mol. The molecular weight excluding hydrogens is 380 g/mol. The molecule has 0 aromatic rings. The van der Waals surface area contributed by atoms with Crippen LogP contribution in [0.25, 0.3) is 0 Å². The van der Waals surface area contributed by atoms with Crippen molar-refractivity contribution < 1.29 is 0 Å². The van der Waals surface area contributed by atoms with Gasteiger partial charge in [-0.05, 0) is 6.42 Å². The average Bonchev–Trinajstić information content (AvgIpc) is 1.91. The number of hydrogen-bond donors (Lipinski definition) is 0. The van der Waals surface area contributed by atoms with Gasteiger partial charge in [-0.3, -0.25) is 0 Å². The van der Waals surface area contributed by atoms with Crippen molar-refractivity contribution in [3.8, 4) is 0 Å². The fraction of sp³-hybridized carbons (Fsp3) is 1.00. The van der Waals surface area contributed by atoms with E-state index in [9.17, 15) is 0 Å². The van der Waals surface area contributed by atoms with Crippen molar-refractivity contribution in [1.82, 2.24) is 0 Å². The van der Waals surface area contributed by atoms with E-state index in [-0.39, 0.29) is 0 Å². The Bertz CT molecular complexity index is 28.1. The lowest BCUT2D eigenvalue weighted by atomic mass is 10.6. The summed E-state index contributed by atoms with van der Waals surface area (Å²) < 4.78 is 0. The van der Waals surface area contributed by atoms with E-state index in [2.05, 4.69) is 63.7 Å². The SMILES string of the molecule is BrCCBr.BrCCCBr. The lowest BCUT2D eigenvalue weighted by Gasteiger charge is -1.76. The van der Waals surface area contributed by atoms with Crippen LogP contribution in [0.3, 0.4) is 0 Å². The van der Waals surface area contributed by atoms with Gasteiger partial charge >= 0.3 is 0 Å². The summed E-state index contributed by atoms with van der Waals surface area (Å²) in [5.41, 5.74) is 0. The Balaban J connectivity index is 0. The van der Waals surface area contributed by atoms with Crippen molar-refractivity contribution in [2.45, 2.75) is 6.42 Å². The zero-order valence-corrected chi connectivity index (χ0v) is 11.4. The number of halogens is 4. The molecule has 0 spiro atoms. The molecule has 0 unspecified atom stereocenters. The minimum atomic E-state index is 1.05. The largest absolute Gasteiger partial charge is 0.0928 e. The second-order valence-corrected chi connectivity index (χ2v) is 4.28. The number of alkyl halides is 4. The van der Waals surface area contributed by atoms with E-state index >= 15 is 0 Å². The Kier molecular flexibility index (Phi) is 24.7. The molecule has 0 radical (unpaired) electrons. The summed E-state index contributed by atoms with van der Waals surface area (Å²) in [7, 11) is 0. The third-order valence-corrected chi connectivity index (χ3v) is 3.32. The summed E-state index contributed by atoms with van der Waals surface area (Å²) in [6.07, 6.45) is 1.22. The Hall–Kier alpha value is 1.92. The maximum Gasteiger partial charge on any atom is 0.0129 e. The maximum atomic E-state index is 3.28.